The first-order chi connectivity index (χ1) is 9.54. The van der Waals surface area contributed by atoms with Gasteiger partial charge in [0.05, 0.1) is 19.1 Å². The fourth-order valence-electron chi connectivity index (χ4n) is 1.94. The monoisotopic (exact) mass is 295 g/mol. The summed E-state index contributed by atoms with van der Waals surface area (Å²) < 4.78 is 0. The summed E-state index contributed by atoms with van der Waals surface area (Å²) in [5.74, 6) is -0.0678. The van der Waals surface area contributed by atoms with Crippen LogP contribution in [0, 0.1) is 0 Å². The molecule has 20 heavy (non-hydrogen) atoms. The van der Waals surface area contributed by atoms with Gasteiger partial charge in [0.2, 0.25) is 11.8 Å². The third kappa shape index (κ3) is 4.94. The van der Waals surface area contributed by atoms with Crippen LogP contribution in [-0.2, 0) is 9.59 Å². The Hall–Kier alpha value is -1.40. The van der Waals surface area contributed by atoms with E-state index in [1.807, 2.05) is 24.4 Å². The highest BCUT2D eigenvalue weighted by atomic mass is 32.1. The molecule has 2 N–H and O–H groups in total. The van der Waals surface area contributed by atoms with Crippen molar-refractivity contribution in [3.8, 4) is 0 Å². The number of nitrogens with one attached hydrogen (secondary N) is 2. The average Bonchev–Trinajstić information content (AvgIpc) is 2.99. The Morgan fingerprint density at radius 3 is 2.70 bits per heavy atom. The largest absolute Gasteiger partial charge is 0.352 e. The highest BCUT2D eigenvalue weighted by Crippen LogP contribution is 2.18. The third-order valence-corrected chi connectivity index (χ3v) is 4.17. The van der Waals surface area contributed by atoms with Gasteiger partial charge in [-0.3, -0.25) is 14.5 Å². The van der Waals surface area contributed by atoms with Crippen LogP contribution in [-0.4, -0.2) is 42.9 Å². The summed E-state index contributed by atoms with van der Waals surface area (Å²) in [4.78, 5) is 26.4. The number of thiophene rings is 1. The Kier molecular flexibility index (Phi) is 5.14. The molecule has 6 heteroatoms. The Morgan fingerprint density at radius 1 is 1.40 bits per heavy atom. The van der Waals surface area contributed by atoms with Crippen molar-refractivity contribution in [2.24, 2.45) is 0 Å². The first-order valence-electron chi connectivity index (χ1n) is 6.85. The first-order valence-corrected chi connectivity index (χ1v) is 7.73. The van der Waals surface area contributed by atoms with Crippen LogP contribution in [0.3, 0.4) is 0 Å². The van der Waals surface area contributed by atoms with Gasteiger partial charge in [-0.25, -0.2) is 0 Å². The predicted octanol–water partition coefficient (Wildman–Crippen LogP) is 1.14. The van der Waals surface area contributed by atoms with E-state index in [9.17, 15) is 9.59 Å². The highest BCUT2D eigenvalue weighted by Gasteiger charge is 2.23. The van der Waals surface area contributed by atoms with E-state index < -0.39 is 0 Å². The Bertz CT molecular complexity index is 457. The molecule has 0 unspecified atom stereocenters. The maximum Gasteiger partial charge on any atom is 0.234 e. The molecule has 0 aliphatic heterocycles. The van der Waals surface area contributed by atoms with Crippen LogP contribution in [0.1, 0.15) is 30.7 Å². The number of amides is 2. The molecule has 1 aliphatic rings. The van der Waals surface area contributed by atoms with E-state index in [2.05, 4.69) is 10.6 Å². The fraction of sp³-hybridized carbons (Fsp3) is 0.571. The van der Waals surface area contributed by atoms with Gasteiger partial charge in [0, 0.05) is 10.9 Å². The summed E-state index contributed by atoms with van der Waals surface area (Å²) in [7, 11) is 1.78. The van der Waals surface area contributed by atoms with Crippen molar-refractivity contribution in [3.63, 3.8) is 0 Å². The summed E-state index contributed by atoms with van der Waals surface area (Å²) in [6.45, 7) is 2.45. The quantitative estimate of drug-likeness (QED) is 0.793. The van der Waals surface area contributed by atoms with Crippen molar-refractivity contribution in [2.75, 3.05) is 20.1 Å². The molecule has 0 aromatic carbocycles. The van der Waals surface area contributed by atoms with Crippen molar-refractivity contribution in [1.29, 1.82) is 0 Å². The molecule has 1 aliphatic carbocycles. The van der Waals surface area contributed by atoms with Gasteiger partial charge >= 0.3 is 0 Å². The second-order valence-electron chi connectivity index (χ2n) is 5.32. The molecule has 0 radical (unpaired) electrons. The van der Waals surface area contributed by atoms with Gasteiger partial charge in [0.15, 0.2) is 0 Å². The van der Waals surface area contributed by atoms with E-state index in [4.69, 9.17) is 0 Å². The molecular formula is C14H21N3O2S. The number of likely N-dealkylation sites (N-methyl/N-ethyl adjacent to an activating group) is 1. The Morgan fingerprint density at radius 2 is 2.10 bits per heavy atom. The van der Waals surface area contributed by atoms with Gasteiger partial charge in [-0.15, -0.1) is 11.3 Å². The van der Waals surface area contributed by atoms with Gasteiger partial charge in [-0.2, -0.15) is 0 Å². The summed E-state index contributed by atoms with van der Waals surface area (Å²) in [5, 5.41) is 7.84. The van der Waals surface area contributed by atoms with Crippen LogP contribution in [0.5, 0.6) is 0 Å². The molecule has 1 heterocycles. The fourth-order valence-corrected chi connectivity index (χ4v) is 2.68. The molecule has 1 atom stereocenters. The molecule has 1 aromatic heterocycles. The van der Waals surface area contributed by atoms with Crippen LogP contribution < -0.4 is 10.6 Å². The van der Waals surface area contributed by atoms with E-state index in [-0.39, 0.29) is 30.9 Å². The molecule has 0 spiro atoms. The Labute approximate surface area is 123 Å². The van der Waals surface area contributed by atoms with Gasteiger partial charge < -0.3 is 10.6 Å². The van der Waals surface area contributed by atoms with Gasteiger partial charge in [0.25, 0.3) is 0 Å². The zero-order chi connectivity index (χ0) is 14.5. The van der Waals surface area contributed by atoms with Gasteiger partial charge in [-0.05, 0) is 38.3 Å². The van der Waals surface area contributed by atoms with E-state index in [1.54, 1.807) is 23.3 Å². The number of hydrogen-bond acceptors (Lipinski definition) is 4. The molecule has 1 aromatic rings. The summed E-state index contributed by atoms with van der Waals surface area (Å²) >= 11 is 1.62. The van der Waals surface area contributed by atoms with Gasteiger partial charge in [-0.1, -0.05) is 6.07 Å². The van der Waals surface area contributed by atoms with E-state index in [0.717, 1.165) is 17.7 Å². The molecular weight excluding hydrogens is 274 g/mol. The normalized spacial score (nSPS) is 15.9. The smallest absolute Gasteiger partial charge is 0.234 e. The number of hydrogen-bond donors (Lipinski definition) is 2. The van der Waals surface area contributed by atoms with Crippen LogP contribution in [0.4, 0.5) is 0 Å². The minimum atomic E-state index is -0.0624. The molecule has 2 rings (SSSR count). The zero-order valence-corrected chi connectivity index (χ0v) is 12.7. The van der Waals surface area contributed by atoms with Crippen LogP contribution in [0.25, 0.3) is 0 Å². The van der Waals surface area contributed by atoms with E-state index in [1.165, 1.54) is 0 Å². The predicted molar refractivity (Wildman–Crippen MR) is 79.5 cm³/mol. The maximum absolute atomic E-state index is 11.9. The maximum atomic E-state index is 11.9. The lowest BCUT2D eigenvalue weighted by atomic mass is 10.2. The average molecular weight is 295 g/mol. The minimum Gasteiger partial charge on any atom is -0.352 e. The molecule has 0 saturated heterocycles. The first kappa shape index (κ1) is 15.0. The van der Waals surface area contributed by atoms with Crippen LogP contribution >= 0.6 is 11.3 Å². The Balaban J connectivity index is 1.68. The van der Waals surface area contributed by atoms with Crippen LogP contribution in [0.2, 0.25) is 0 Å². The molecule has 2 amide bonds. The summed E-state index contributed by atoms with van der Waals surface area (Å²) in [6.07, 6.45) is 2.16. The second-order valence-corrected chi connectivity index (χ2v) is 6.30. The lowest BCUT2D eigenvalue weighted by Crippen LogP contribution is -2.41. The lowest BCUT2D eigenvalue weighted by molar-refractivity contribution is -0.124. The summed E-state index contributed by atoms with van der Waals surface area (Å²) in [5.41, 5.74) is 0. The zero-order valence-electron chi connectivity index (χ0n) is 11.9. The van der Waals surface area contributed by atoms with Gasteiger partial charge in [0.1, 0.15) is 0 Å². The molecule has 0 bridgehead atoms. The standard InChI is InChI=1S/C14H21N3O2S/c1-10(12-4-3-7-20-12)15-13(18)8-17(2)9-14(19)16-11-5-6-11/h3-4,7,10-11H,5-6,8-9H2,1-2H3,(H,15,18)(H,16,19)/t10-/m0/s1. The SMILES string of the molecule is C[C@H](NC(=O)CN(C)CC(=O)NC1CC1)c1cccs1. The lowest BCUT2D eigenvalue weighted by Gasteiger charge is -2.18. The van der Waals surface area contributed by atoms with Crippen molar-refractivity contribution in [1.82, 2.24) is 15.5 Å². The highest BCUT2D eigenvalue weighted by molar-refractivity contribution is 7.10. The van der Waals surface area contributed by atoms with Crippen molar-refractivity contribution < 1.29 is 9.59 Å². The number of nitrogens with zero attached hydrogens (tertiary/aromatic N) is 1. The molecule has 5 nitrogen and oxygen atoms in total. The molecule has 1 fully saturated rings. The molecule has 110 valence electrons. The van der Waals surface area contributed by atoms with Crippen LogP contribution in [0.15, 0.2) is 17.5 Å². The van der Waals surface area contributed by atoms with E-state index >= 15 is 0 Å². The van der Waals surface area contributed by atoms with Crippen molar-refractivity contribution in [3.05, 3.63) is 22.4 Å². The summed E-state index contributed by atoms with van der Waals surface area (Å²) in [6, 6.07) is 4.35. The van der Waals surface area contributed by atoms with E-state index in [0.29, 0.717) is 6.04 Å². The second kappa shape index (κ2) is 6.85. The number of carbonyl (C=O) groups is 2. The minimum absolute atomic E-state index is 0.00546. The number of carbonyl (C=O) groups excluding carboxylic acids is 2. The van der Waals surface area contributed by atoms with Crippen molar-refractivity contribution >= 4 is 23.2 Å². The van der Waals surface area contributed by atoms with Crippen molar-refractivity contribution in [2.45, 2.75) is 31.8 Å². The third-order valence-electron chi connectivity index (χ3n) is 3.12. The number of rotatable bonds is 7. The topological polar surface area (TPSA) is 61.4 Å². The molecule has 1 saturated carbocycles.